The summed E-state index contributed by atoms with van der Waals surface area (Å²) >= 11 is 18.9. The molecule has 0 bridgehead atoms. The molecule has 1 heterocycles. The van der Waals surface area contributed by atoms with Crippen molar-refractivity contribution in [3.05, 3.63) is 55.2 Å². The van der Waals surface area contributed by atoms with Crippen molar-refractivity contribution in [2.24, 2.45) is 0 Å². The van der Waals surface area contributed by atoms with Gasteiger partial charge >= 0.3 is 0 Å². The van der Waals surface area contributed by atoms with E-state index in [-0.39, 0.29) is 5.78 Å². The van der Waals surface area contributed by atoms with Gasteiger partial charge in [0.25, 0.3) is 0 Å². The number of carbonyl (C=O) groups excluding carboxylic acids is 1. The van der Waals surface area contributed by atoms with Crippen LogP contribution < -0.4 is 0 Å². The zero-order valence-corrected chi connectivity index (χ0v) is 10.9. The predicted octanol–water partition coefficient (Wildman–Crippen LogP) is 4.94. The van der Waals surface area contributed by atoms with Gasteiger partial charge in [0.1, 0.15) is 0 Å². The number of hydrogen-bond acceptors (Lipinski definition) is 2. The first-order valence-electron chi connectivity index (χ1n) is 4.33. The Morgan fingerprint density at radius 2 is 1.62 bits per heavy atom. The minimum Gasteiger partial charge on any atom is -0.288 e. The van der Waals surface area contributed by atoms with Crippen molar-refractivity contribution >= 4 is 51.9 Å². The van der Waals surface area contributed by atoms with Gasteiger partial charge in [-0.05, 0) is 24.3 Å². The van der Waals surface area contributed by atoms with E-state index in [4.69, 9.17) is 34.8 Å². The van der Waals surface area contributed by atoms with E-state index in [1.807, 2.05) is 0 Å². The Balaban J connectivity index is 2.49. The maximum Gasteiger partial charge on any atom is 0.205 e. The van der Waals surface area contributed by atoms with Gasteiger partial charge in [-0.1, -0.05) is 40.9 Å². The summed E-state index contributed by atoms with van der Waals surface area (Å²) < 4.78 is 0.562. The second-order valence-corrected chi connectivity index (χ2v) is 5.56. The van der Waals surface area contributed by atoms with Gasteiger partial charge in [-0.3, -0.25) is 4.79 Å². The second-order valence-electron chi connectivity index (χ2n) is 3.03. The molecule has 0 fully saturated rings. The smallest absolute Gasteiger partial charge is 0.205 e. The van der Waals surface area contributed by atoms with Crippen LogP contribution in [0.15, 0.2) is 30.3 Å². The molecule has 0 amide bonds. The van der Waals surface area contributed by atoms with Crippen LogP contribution in [-0.4, -0.2) is 5.78 Å². The minimum absolute atomic E-state index is 0.201. The van der Waals surface area contributed by atoms with Gasteiger partial charge in [-0.2, -0.15) is 0 Å². The predicted molar refractivity (Wildman–Crippen MR) is 69.2 cm³/mol. The molecule has 0 aliphatic heterocycles. The van der Waals surface area contributed by atoms with Crippen LogP contribution in [0.1, 0.15) is 15.2 Å². The summed E-state index contributed by atoms with van der Waals surface area (Å²) in [7, 11) is 0. The van der Waals surface area contributed by atoms with Gasteiger partial charge in [0, 0.05) is 0 Å². The normalized spacial score (nSPS) is 10.4. The maximum atomic E-state index is 12.1. The van der Waals surface area contributed by atoms with E-state index in [2.05, 4.69) is 0 Å². The Hall–Kier alpha value is -0.540. The van der Waals surface area contributed by atoms with Crippen LogP contribution >= 0.6 is 46.1 Å². The molecule has 2 rings (SSSR count). The van der Waals surface area contributed by atoms with Crippen LogP contribution in [0.4, 0.5) is 0 Å². The topological polar surface area (TPSA) is 17.1 Å². The fraction of sp³-hybridized carbons (Fsp3) is 0. The van der Waals surface area contributed by atoms with Crippen molar-refractivity contribution in [3.63, 3.8) is 0 Å². The van der Waals surface area contributed by atoms with Crippen molar-refractivity contribution in [1.82, 2.24) is 0 Å². The third kappa shape index (κ3) is 2.25. The van der Waals surface area contributed by atoms with Gasteiger partial charge in [0.15, 0.2) is 0 Å². The highest BCUT2D eigenvalue weighted by atomic mass is 35.5. The molecule has 82 valence electrons. The molecule has 1 aromatic heterocycles. The summed E-state index contributed by atoms with van der Waals surface area (Å²) in [6.45, 7) is 0. The SMILES string of the molecule is O=C(c1ccc(Cl)s1)c1c(Cl)cccc1Cl. The first kappa shape index (κ1) is 11.9. The molecular formula is C11H5Cl3OS. The van der Waals surface area contributed by atoms with Gasteiger partial charge in [0.05, 0.1) is 24.8 Å². The lowest BCUT2D eigenvalue weighted by Gasteiger charge is -2.03. The molecule has 5 heteroatoms. The molecular weight excluding hydrogens is 287 g/mol. The molecule has 1 nitrogen and oxygen atoms in total. The van der Waals surface area contributed by atoms with Gasteiger partial charge in [-0.25, -0.2) is 0 Å². The highest BCUT2D eigenvalue weighted by Crippen LogP contribution is 2.30. The van der Waals surface area contributed by atoms with Crippen LogP contribution in [0, 0.1) is 0 Å². The van der Waals surface area contributed by atoms with Crippen molar-refractivity contribution in [2.75, 3.05) is 0 Å². The van der Waals surface area contributed by atoms with E-state index in [1.54, 1.807) is 30.3 Å². The minimum atomic E-state index is -0.201. The summed E-state index contributed by atoms with van der Waals surface area (Å²) in [6.07, 6.45) is 0. The average Bonchev–Trinajstić information content (AvgIpc) is 2.64. The van der Waals surface area contributed by atoms with Gasteiger partial charge < -0.3 is 0 Å². The largest absolute Gasteiger partial charge is 0.288 e. The number of ketones is 1. The van der Waals surface area contributed by atoms with Crippen molar-refractivity contribution in [2.45, 2.75) is 0 Å². The molecule has 16 heavy (non-hydrogen) atoms. The first-order chi connectivity index (χ1) is 7.59. The van der Waals surface area contributed by atoms with Crippen molar-refractivity contribution < 1.29 is 4.79 Å². The molecule has 1 aromatic carbocycles. The Morgan fingerprint density at radius 1 is 1.00 bits per heavy atom. The molecule has 2 aromatic rings. The fourth-order valence-corrected chi connectivity index (χ4v) is 2.83. The number of thiophene rings is 1. The third-order valence-corrected chi connectivity index (χ3v) is 3.85. The second kappa shape index (κ2) is 4.76. The lowest BCUT2D eigenvalue weighted by Crippen LogP contribution is -2.00. The van der Waals surface area contributed by atoms with E-state index in [9.17, 15) is 4.79 Å². The number of benzene rings is 1. The Kier molecular flexibility index (Phi) is 3.55. The van der Waals surface area contributed by atoms with E-state index in [0.717, 1.165) is 0 Å². The van der Waals surface area contributed by atoms with Crippen LogP contribution in [-0.2, 0) is 0 Å². The monoisotopic (exact) mass is 290 g/mol. The fourth-order valence-electron chi connectivity index (χ4n) is 1.27. The Morgan fingerprint density at radius 3 is 2.12 bits per heavy atom. The molecule has 0 aliphatic carbocycles. The highest BCUT2D eigenvalue weighted by Gasteiger charge is 2.17. The number of rotatable bonds is 2. The number of halogens is 3. The molecule has 0 unspecified atom stereocenters. The van der Waals surface area contributed by atoms with E-state index in [0.29, 0.717) is 24.8 Å². The molecule has 0 radical (unpaired) electrons. The lowest BCUT2D eigenvalue weighted by atomic mass is 10.1. The summed E-state index contributed by atoms with van der Waals surface area (Å²) in [5, 5.41) is 0.698. The Bertz CT molecular complexity index is 528. The zero-order chi connectivity index (χ0) is 11.7. The Labute approximate surface area is 112 Å². The first-order valence-corrected chi connectivity index (χ1v) is 6.28. The highest BCUT2D eigenvalue weighted by molar-refractivity contribution is 7.18. The molecule has 0 saturated heterocycles. The lowest BCUT2D eigenvalue weighted by molar-refractivity contribution is 0.104. The average molecular weight is 292 g/mol. The van der Waals surface area contributed by atoms with Gasteiger partial charge in [0.2, 0.25) is 5.78 Å². The number of hydrogen-bond donors (Lipinski definition) is 0. The van der Waals surface area contributed by atoms with Crippen LogP contribution in [0.2, 0.25) is 14.4 Å². The van der Waals surface area contributed by atoms with Crippen LogP contribution in [0.5, 0.6) is 0 Å². The standard InChI is InChI=1S/C11H5Cl3OS/c12-6-2-1-3-7(13)10(6)11(15)8-4-5-9(14)16-8/h1-5H. The quantitative estimate of drug-likeness (QED) is 0.716. The summed E-state index contributed by atoms with van der Waals surface area (Å²) in [5.41, 5.74) is 0.323. The van der Waals surface area contributed by atoms with Crippen molar-refractivity contribution in [1.29, 1.82) is 0 Å². The molecule has 0 spiro atoms. The van der Waals surface area contributed by atoms with Crippen LogP contribution in [0.25, 0.3) is 0 Å². The number of carbonyl (C=O) groups is 1. The zero-order valence-electron chi connectivity index (χ0n) is 7.84. The van der Waals surface area contributed by atoms with Gasteiger partial charge in [-0.15, -0.1) is 11.3 Å². The summed E-state index contributed by atoms with van der Waals surface area (Å²) in [4.78, 5) is 12.6. The van der Waals surface area contributed by atoms with Crippen molar-refractivity contribution in [3.8, 4) is 0 Å². The summed E-state index contributed by atoms with van der Waals surface area (Å²) in [6, 6.07) is 8.30. The molecule has 0 aliphatic rings. The van der Waals surface area contributed by atoms with E-state index in [1.165, 1.54) is 11.3 Å². The third-order valence-electron chi connectivity index (χ3n) is 1.99. The molecule has 0 atom stereocenters. The van der Waals surface area contributed by atoms with E-state index < -0.39 is 0 Å². The van der Waals surface area contributed by atoms with E-state index >= 15 is 0 Å². The van der Waals surface area contributed by atoms with Crippen LogP contribution in [0.3, 0.4) is 0 Å². The maximum absolute atomic E-state index is 12.1. The molecule has 0 saturated carbocycles. The molecule has 0 N–H and O–H groups in total. The summed E-state index contributed by atoms with van der Waals surface area (Å²) in [5.74, 6) is -0.201.